The number of nitrogens with one attached hydrogen (secondary N) is 1. The highest BCUT2D eigenvalue weighted by Gasteiger charge is 2.04. The Kier molecular flexibility index (Phi) is 6.84. The molecule has 0 fully saturated rings. The average molecular weight is 169 g/mol. The molecular weight excluding hydrogens is 150 g/mol. The molecule has 0 aromatic heterocycles. The maximum absolute atomic E-state index is 9.40. The minimum Gasteiger partial charge on any atom is -0.392 e. The van der Waals surface area contributed by atoms with E-state index in [9.17, 15) is 5.11 Å². The molecule has 0 aromatic carbocycles. The SMILES string of the molecule is C#CCCNCC(O)CC(C)C. The summed E-state index contributed by atoms with van der Waals surface area (Å²) in [6.45, 7) is 5.65. The third-order valence-electron chi connectivity index (χ3n) is 1.57. The fourth-order valence-corrected chi connectivity index (χ4v) is 1.06. The molecule has 0 spiro atoms. The highest BCUT2D eigenvalue weighted by molar-refractivity contribution is 4.84. The van der Waals surface area contributed by atoms with Crippen LogP contribution in [0.3, 0.4) is 0 Å². The van der Waals surface area contributed by atoms with Crippen LogP contribution in [0.4, 0.5) is 0 Å². The van der Waals surface area contributed by atoms with Crippen molar-refractivity contribution in [3.8, 4) is 12.3 Å². The Morgan fingerprint density at radius 2 is 2.17 bits per heavy atom. The van der Waals surface area contributed by atoms with Crippen LogP contribution in [0.2, 0.25) is 0 Å². The summed E-state index contributed by atoms with van der Waals surface area (Å²) in [6, 6.07) is 0. The van der Waals surface area contributed by atoms with Crippen molar-refractivity contribution in [3.05, 3.63) is 0 Å². The Hall–Kier alpha value is -0.520. The molecule has 0 radical (unpaired) electrons. The molecule has 0 amide bonds. The van der Waals surface area contributed by atoms with E-state index in [4.69, 9.17) is 6.42 Å². The number of rotatable bonds is 6. The van der Waals surface area contributed by atoms with Crippen LogP contribution in [0.25, 0.3) is 0 Å². The summed E-state index contributed by atoms with van der Waals surface area (Å²) < 4.78 is 0. The Balaban J connectivity index is 3.20. The first-order valence-corrected chi connectivity index (χ1v) is 4.49. The van der Waals surface area contributed by atoms with Crippen LogP contribution in [-0.4, -0.2) is 24.3 Å². The molecule has 0 aliphatic rings. The van der Waals surface area contributed by atoms with Crippen LogP contribution < -0.4 is 5.32 Å². The fraction of sp³-hybridized carbons (Fsp3) is 0.800. The fourth-order valence-electron chi connectivity index (χ4n) is 1.06. The molecule has 0 aliphatic heterocycles. The van der Waals surface area contributed by atoms with Crippen LogP contribution in [0, 0.1) is 18.3 Å². The highest BCUT2D eigenvalue weighted by atomic mass is 16.3. The molecule has 0 bridgehead atoms. The van der Waals surface area contributed by atoms with E-state index in [1.54, 1.807) is 0 Å². The van der Waals surface area contributed by atoms with Crippen molar-refractivity contribution in [2.45, 2.75) is 32.8 Å². The van der Waals surface area contributed by atoms with Gasteiger partial charge in [-0.3, -0.25) is 0 Å². The van der Waals surface area contributed by atoms with Gasteiger partial charge in [0.05, 0.1) is 6.10 Å². The lowest BCUT2D eigenvalue weighted by atomic mass is 10.1. The summed E-state index contributed by atoms with van der Waals surface area (Å²) in [5.74, 6) is 3.09. The van der Waals surface area contributed by atoms with E-state index >= 15 is 0 Å². The van der Waals surface area contributed by atoms with Crippen LogP contribution in [0.1, 0.15) is 26.7 Å². The van der Waals surface area contributed by atoms with Crippen LogP contribution in [0.5, 0.6) is 0 Å². The van der Waals surface area contributed by atoms with Gasteiger partial charge in [-0.25, -0.2) is 0 Å². The van der Waals surface area contributed by atoms with E-state index in [0.717, 1.165) is 19.4 Å². The van der Waals surface area contributed by atoms with Crippen molar-refractivity contribution in [1.82, 2.24) is 5.32 Å². The van der Waals surface area contributed by atoms with Crippen LogP contribution >= 0.6 is 0 Å². The lowest BCUT2D eigenvalue weighted by molar-refractivity contribution is 0.147. The standard InChI is InChI=1S/C10H19NO/c1-4-5-6-11-8-10(12)7-9(2)3/h1,9-12H,5-8H2,2-3H3. The zero-order valence-corrected chi connectivity index (χ0v) is 8.01. The number of aliphatic hydroxyl groups excluding tert-OH is 1. The molecule has 2 nitrogen and oxygen atoms in total. The molecule has 0 aromatic rings. The van der Waals surface area contributed by atoms with E-state index in [0.29, 0.717) is 12.5 Å². The molecule has 0 aliphatic carbocycles. The number of aliphatic hydroxyl groups is 1. The summed E-state index contributed by atoms with van der Waals surface area (Å²) in [5, 5.41) is 12.5. The normalized spacial score (nSPS) is 12.9. The second-order valence-corrected chi connectivity index (χ2v) is 3.44. The zero-order chi connectivity index (χ0) is 9.40. The summed E-state index contributed by atoms with van der Waals surface area (Å²) in [5.41, 5.74) is 0. The molecule has 0 heterocycles. The Morgan fingerprint density at radius 3 is 2.67 bits per heavy atom. The number of hydrogen-bond acceptors (Lipinski definition) is 2. The second-order valence-electron chi connectivity index (χ2n) is 3.44. The minimum absolute atomic E-state index is 0.234. The largest absolute Gasteiger partial charge is 0.392 e. The van der Waals surface area contributed by atoms with E-state index < -0.39 is 0 Å². The van der Waals surface area contributed by atoms with Crippen molar-refractivity contribution < 1.29 is 5.11 Å². The van der Waals surface area contributed by atoms with Crippen molar-refractivity contribution in [2.24, 2.45) is 5.92 Å². The number of terminal acetylenes is 1. The molecule has 1 unspecified atom stereocenters. The third kappa shape index (κ3) is 7.59. The molecule has 70 valence electrons. The van der Waals surface area contributed by atoms with E-state index in [2.05, 4.69) is 25.1 Å². The van der Waals surface area contributed by atoms with Crippen molar-refractivity contribution >= 4 is 0 Å². The van der Waals surface area contributed by atoms with E-state index in [1.807, 2.05) is 0 Å². The maximum Gasteiger partial charge on any atom is 0.0667 e. The summed E-state index contributed by atoms with van der Waals surface area (Å²) in [4.78, 5) is 0. The van der Waals surface area contributed by atoms with Gasteiger partial charge < -0.3 is 10.4 Å². The zero-order valence-electron chi connectivity index (χ0n) is 8.01. The smallest absolute Gasteiger partial charge is 0.0667 e. The van der Waals surface area contributed by atoms with Crippen LogP contribution in [0.15, 0.2) is 0 Å². The van der Waals surface area contributed by atoms with Gasteiger partial charge in [0.1, 0.15) is 0 Å². The van der Waals surface area contributed by atoms with Gasteiger partial charge in [-0.1, -0.05) is 13.8 Å². The van der Waals surface area contributed by atoms with Gasteiger partial charge in [-0.15, -0.1) is 12.3 Å². The monoisotopic (exact) mass is 169 g/mol. The van der Waals surface area contributed by atoms with Gasteiger partial charge in [-0.05, 0) is 12.3 Å². The first kappa shape index (κ1) is 11.5. The van der Waals surface area contributed by atoms with Crippen molar-refractivity contribution in [2.75, 3.05) is 13.1 Å². The van der Waals surface area contributed by atoms with Gasteiger partial charge in [-0.2, -0.15) is 0 Å². The predicted octanol–water partition coefficient (Wildman–Crippen LogP) is 1.01. The average Bonchev–Trinajstić information content (AvgIpc) is 1.97. The maximum atomic E-state index is 9.40. The first-order valence-electron chi connectivity index (χ1n) is 4.49. The van der Waals surface area contributed by atoms with Gasteiger partial charge in [0, 0.05) is 19.5 Å². The van der Waals surface area contributed by atoms with E-state index in [-0.39, 0.29) is 6.10 Å². The number of hydrogen-bond donors (Lipinski definition) is 2. The van der Waals surface area contributed by atoms with Gasteiger partial charge in [0.2, 0.25) is 0 Å². The van der Waals surface area contributed by atoms with Gasteiger partial charge in [0.15, 0.2) is 0 Å². The van der Waals surface area contributed by atoms with Crippen molar-refractivity contribution in [3.63, 3.8) is 0 Å². The van der Waals surface area contributed by atoms with Crippen LogP contribution in [-0.2, 0) is 0 Å². The molecular formula is C10H19NO. The Labute approximate surface area is 75.4 Å². The molecule has 0 saturated carbocycles. The summed E-state index contributed by atoms with van der Waals surface area (Å²) >= 11 is 0. The lowest BCUT2D eigenvalue weighted by Gasteiger charge is -2.12. The summed E-state index contributed by atoms with van der Waals surface area (Å²) in [6.07, 6.45) is 6.42. The van der Waals surface area contributed by atoms with Crippen molar-refractivity contribution in [1.29, 1.82) is 0 Å². The molecule has 2 heteroatoms. The second kappa shape index (κ2) is 7.15. The minimum atomic E-state index is -0.234. The quantitative estimate of drug-likeness (QED) is 0.459. The summed E-state index contributed by atoms with van der Waals surface area (Å²) in [7, 11) is 0. The first-order chi connectivity index (χ1) is 5.66. The van der Waals surface area contributed by atoms with Gasteiger partial charge >= 0.3 is 0 Å². The molecule has 0 saturated heterocycles. The topological polar surface area (TPSA) is 32.3 Å². The molecule has 0 rings (SSSR count). The Bertz CT molecular complexity index is 137. The van der Waals surface area contributed by atoms with E-state index in [1.165, 1.54) is 0 Å². The highest BCUT2D eigenvalue weighted by Crippen LogP contribution is 2.02. The Morgan fingerprint density at radius 1 is 1.50 bits per heavy atom. The molecule has 2 N–H and O–H groups in total. The third-order valence-corrected chi connectivity index (χ3v) is 1.57. The predicted molar refractivity (Wildman–Crippen MR) is 51.8 cm³/mol. The molecule has 12 heavy (non-hydrogen) atoms. The molecule has 1 atom stereocenters. The lowest BCUT2D eigenvalue weighted by Crippen LogP contribution is -2.28. The van der Waals surface area contributed by atoms with Gasteiger partial charge in [0.25, 0.3) is 0 Å².